The van der Waals surface area contributed by atoms with Crippen LogP contribution in [0.3, 0.4) is 0 Å². The fourth-order valence-corrected chi connectivity index (χ4v) is 1.93. The Kier molecular flexibility index (Phi) is 2.74. The van der Waals surface area contributed by atoms with E-state index >= 15 is 0 Å². The first-order chi connectivity index (χ1) is 8.43. The number of aromatic nitrogens is 2. The van der Waals surface area contributed by atoms with Crippen molar-refractivity contribution in [2.24, 2.45) is 4.99 Å². The van der Waals surface area contributed by atoms with Crippen LogP contribution >= 0.6 is 0 Å². The molecule has 2 aromatic rings. The van der Waals surface area contributed by atoms with Gasteiger partial charge in [0.15, 0.2) is 0 Å². The van der Waals surface area contributed by atoms with Gasteiger partial charge in [0.25, 0.3) is 0 Å². The molecule has 0 spiro atoms. The van der Waals surface area contributed by atoms with Gasteiger partial charge in [-0.2, -0.15) is 0 Å². The molecule has 0 aliphatic heterocycles. The van der Waals surface area contributed by atoms with Gasteiger partial charge in [0.1, 0.15) is 0 Å². The van der Waals surface area contributed by atoms with Crippen LogP contribution in [0.4, 0.5) is 0 Å². The van der Waals surface area contributed by atoms with Crippen molar-refractivity contribution in [1.82, 2.24) is 9.97 Å². The van der Waals surface area contributed by atoms with Crippen LogP contribution in [-0.4, -0.2) is 16.2 Å². The quantitative estimate of drug-likeness (QED) is 0.798. The minimum Gasteiger partial charge on any atom is -0.344 e. The van der Waals surface area contributed by atoms with E-state index in [2.05, 4.69) is 27.1 Å². The van der Waals surface area contributed by atoms with Crippen molar-refractivity contribution in [3.63, 3.8) is 0 Å². The molecule has 0 amide bonds. The van der Waals surface area contributed by atoms with Crippen molar-refractivity contribution in [2.45, 2.75) is 25.3 Å². The third-order valence-electron chi connectivity index (χ3n) is 3.00. The van der Waals surface area contributed by atoms with Crippen molar-refractivity contribution in [2.75, 3.05) is 0 Å². The van der Waals surface area contributed by atoms with E-state index in [0.29, 0.717) is 5.92 Å². The molecule has 1 saturated carbocycles. The van der Waals surface area contributed by atoms with E-state index in [4.69, 9.17) is 0 Å². The van der Waals surface area contributed by atoms with Crippen LogP contribution in [0.15, 0.2) is 41.7 Å². The molecular formula is C14H15N3. The van der Waals surface area contributed by atoms with Crippen LogP contribution in [0.25, 0.3) is 0 Å². The van der Waals surface area contributed by atoms with E-state index in [-0.39, 0.29) is 0 Å². The predicted octanol–water partition coefficient (Wildman–Crippen LogP) is 2.91. The van der Waals surface area contributed by atoms with Crippen molar-refractivity contribution in [3.05, 3.63) is 53.6 Å². The van der Waals surface area contributed by atoms with Gasteiger partial charge in [-0.1, -0.05) is 30.3 Å². The molecule has 1 heterocycles. The van der Waals surface area contributed by atoms with E-state index in [0.717, 1.165) is 12.2 Å². The fraction of sp³-hybridized carbons (Fsp3) is 0.286. The Balaban J connectivity index is 1.68. The highest BCUT2D eigenvalue weighted by molar-refractivity contribution is 5.78. The van der Waals surface area contributed by atoms with Gasteiger partial charge < -0.3 is 4.98 Å². The monoisotopic (exact) mass is 225 g/mol. The van der Waals surface area contributed by atoms with Gasteiger partial charge in [0, 0.05) is 12.1 Å². The average Bonchev–Trinajstić information content (AvgIpc) is 3.11. The molecule has 3 heteroatoms. The summed E-state index contributed by atoms with van der Waals surface area (Å²) in [5.41, 5.74) is 3.49. The van der Waals surface area contributed by atoms with Crippen LogP contribution in [0.2, 0.25) is 0 Å². The summed E-state index contributed by atoms with van der Waals surface area (Å²) < 4.78 is 0. The maximum Gasteiger partial charge on any atom is 0.0928 e. The highest BCUT2D eigenvalue weighted by Gasteiger charge is 2.27. The molecule has 1 aliphatic rings. The van der Waals surface area contributed by atoms with Gasteiger partial charge in [0.2, 0.25) is 0 Å². The first-order valence-corrected chi connectivity index (χ1v) is 6.00. The normalized spacial score (nSPS) is 15.5. The van der Waals surface area contributed by atoms with Crippen molar-refractivity contribution < 1.29 is 0 Å². The zero-order valence-corrected chi connectivity index (χ0v) is 9.63. The largest absolute Gasteiger partial charge is 0.344 e. The van der Waals surface area contributed by atoms with Crippen LogP contribution in [0.5, 0.6) is 0 Å². The standard InChI is InChI=1S/C14H15N3/c1-2-4-11(5-3-1)8-15-9-13-14(12-6-7-12)17-10-16-13/h1-5,9-10,12H,6-8H2,(H,16,17)/b15-9-. The maximum absolute atomic E-state index is 4.46. The van der Waals surface area contributed by atoms with E-state index < -0.39 is 0 Å². The summed E-state index contributed by atoms with van der Waals surface area (Å²) in [4.78, 5) is 12.0. The van der Waals surface area contributed by atoms with Crippen molar-refractivity contribution in [3.8, 4) is 0 Å². The number of benzene rings is 1. The number of nitrogens with one attached hydrogen (secondary N) is 1. The molecule has 1 N–H and O–H groups in total. The first kappa shape index (κ1) is 10.3. The molecule has 3 rings (SSSR count). The lowest BCUT2D eigenvalue weighted by molar-refractivity contribution is 1.04. The van der Waals surface area contributed by atoms with Gasteiger partial charge in [-0.25, -0.2) is 4.98 Å². The van der Waals surface area contributed by atoms with Gasteiger partial charge in [-0.05, 0) is 18.4 Å². The molecule has 0 radical (unpaired) electrons. The van der Waals surface area contributed by atoms with Crippen molar-refractivity contribution in [1.29, 1.82) is 0 Å². The minimum absolute atomic E-state index is 0.666. The van der Waals surface area contributed by atoms with Gasteiger partial charge in [-0.15, -0.1) is 0 Å². The van der Waals surface area contributed by atoms with E-state index in [1.807, 2.05) is 24.4 Å². The lowest BCUT2D eigenvalue weighted by Crippen LogP contribution is -1.90. The summed E-state index contributed by atoms with van der Waals surface area (Å²) in [6.07, 6.45) is 6.21. The second-order valence-electron chi connectivity index (χ2n) is 4.43. The van der Waals surface area contributed by atoms with E-state index in [9.17, 15) is 0 Å². The number of imidazole rings is 1. The Labute approximate surface area is 101 Å². The molecule has 1 fully saturated rings. The van der Waals surface area contributed by atoms with Crippen molar-refractivity contribution >= 4 is 6.21 Å². The number of aromatic amines is 1. The lowest BCUT2D eigenvalue weighted by Gasteiger charge is -1.96. The summed E-state index contributed by atoms with van der Waals surface area (Å²) in [5, 5.41) is 0. The molecule has 1 aliphatic carbocycles. The number of aliphatic imine (C=N–C) groups is 1. The molecule has 0 bridgehead atoms. The zero-order chi connectivity index (χ0) is 11.5. The Hall–Kier alpha value is -1.90. The number of nitrogens with zero attached hydrogens (tertiary/aromatic N) is 2. The van der Waals surface area contributed by atoms with Crippen LogP contribution < -0.4 is 0 Å². The Morgan fingerprint density at radius 1 is 1.29 bits per heavy atom. The summed E-state index contributed by atoms with van der Waals surface area (Å²) in [5.74, 6) is 0.666. The fourth-order valence-electron chi connectivity index (χ4n) is 1.93. The molecule has 1 aromatic heterocycles. The number of hydrogen-bond acceptors (Lipinski definition) is 2. The van der Waals surface area contributed by atoms with E-state index in [1.54, 1.807) is 6.33 Å². The lowest BCUT2D eigenvalue weighted by atomic mass is 10.2. The van der Waals surface area contributed by atoms with Crippen LogP contribution in [-0.2, 0) is 6.54 Å². The summed E-state index contributed by atoms with van der Waals surface area (Å²) in [6.45, 7) is 0.726. The molecule has 1 aromatic carbocycles. The Morgan fingerprint density at radius 2 is 2.12 bits per heavy atom. The highest BCUT2D eigenvalue weighted by atomic mass is 14.9. The molecule has 0 unspecified atom stereocenters. The van der Waals surface area contributed by atoms with Gasteiger partial charge >= 0.3 is 0 Å². The van der Waals surface area contributed by atoms with Crippen LogP contribution in [0.1, 0.15) is 35.7 Å². The molecule has 86 valence electrons. The first-order valence-electron chi connectivity index (χ1n) is 6.00. The smallest absolute Gasteiger partial charge is 0.0928 e. The third kappa shape index (κ3) is 2.44. The predicted molar refractivity (Wildman–Crippen MR) is 68.3 cm³/mol. The SMILES string of the molecule is C(=N/Cc1ccccc1)/c1[nH]cnc1C1CC1. The maximum atomic E-state index is 4.46. The third-order valence-corrected chi connectivity index (χ3v) is 3.00. The molecule has 17 heavy (non-hydrogen) atoms. The summed E-state index contributed by atoms with van der Waals surface area (Å²) >= 11 is 0. The molecule has 0 atom stereocenters. The average molecular weight is 225 g/mol. The number of rotatable bonds is 4. The van der Waals surface area contributed by atoms with E-state index in [1.165, 1.54) is 24.1 Å². The Bertz CT molecular complexity index is 509. The second-order valence-corrected chi connectivity index (χ2v) is 4.43. The van der Waals surface area contributed by atoms with Gasteiger partial charge in [0.05, 0.1) is 24.3 Å². The minimum atomic E-state index is 0.666. The summed E-state index contributed by atoms with van der Waals surface area (Å²) in [6, 6.07) is 10.3. The zero-order valence-electron chi connectivity index (χ0n) is 9.63. The molecule has 3 nitrogen and oxygen atoms in total. The number of hydrogen-bond donors (Lipinski definition) is 1. The molecule has 0 saturated heterocycles. The van der Waals surface area contributed by atoms with Crippen LogP contribution in [0, 0.1) is 0 Å². The Morgan fingerprint density at radius 3 is 2.88 bits per heavy atom. The molecular weight excluding hydrogens is 210 g/mol. The van der Waals surface area contributed by atoms with Gasteiger partial charge in [-0.3, -0.25) is 4.99 Å². The number of H-pyrrole nitrogens is 1. The second kappa shape index (κ2) is 4.53. The highest BCUT2D eigenvalue weighted by Crippen LogP contribution is 2.39. The summed E-state index contributed by atoms with van der Waals surface area (Å²) in [7, 11) is 0. The topological polar surface area (TPSA) is 41.0 Å².